The Hall–Kier alpha value is -1.77. The Morgan fingerprint density at radius 1 is 1.39 bits per heavy atom. The lowest BCUT2D eigenvalue weighted by Crippen LogP contribution is -2.16. The first-order chi connectivity index (χ1) is 8.86. The van der Waals surface area contributed by atoms with Crippen molar-refractivity contribution < 1.29 is 0 Å². The second kappa shape index (κ2) is 4.84. The van der Waals surface area contributed by atoms with Crippen LogP contribution in [0.5, 0.6) is 0 Å². The summed E-state index contributed by atoms with van der Waals surface area (Å²) < 4.78 is 1.96. The van der Waals surface area contributed by atoms with Crippen molar-refractivity contribution in [3.8, 4) is 0 Å². The summed E-state index contributed by atoms with van der Waals surface area (Å²) in [5.74, 6) is 0. The van der Waals surface area contributed by atoms with Crippen molar-refractivity contribution in [1.29, 1.82) is 0 Å². The molecule has 1 atom stereocenters. The first-order valence-corrected chi connectivity index (χ1v) is 6.73. The zero-order valence-electron chi connectivity index (χ0n) is 10.8. The van der Waals surface area contributed by atoms with Gasteiger partial charge in [-0.05, 0) is 37.3 Å². The molecule has 94 valence electrons. The smallest absolute Gasteiger partial charge is 0.0731 e. The fourth-order valence-corrected chi connectivity index (χ4v) is 2.72. The van der Waals surface area contributed by atoms with E-state index < -0.39 is 0 Å². The molecular weight excluding hydrogens is 222 g/mol. The van der Waals surface area contributed by atoms with Crippen molar-refractivity contribution in [3.63, 3.8) is 0 Å². The normalized spacial score (nSPS) is 18.4. The van der Waals surface area contributed by atoms with Gasteiger partial charge in [0.1, 0.15) is 0 Å². The van der Waals surface area contributed by atoms with E-state index in [1.807, 2.05) is 10.9 Å². The van der Waals surface area contributed by atoms with Gasteiger partial charge in [0.2, 0.25) is 0 Å². The molecule has 1 aromatic heterocycles. The Kier molecular flexibility index (Phi) is 3.05. The maximum Gasteiger partial charge on any atom is 0.0731 e. The van der Waals surface area contributed by atoms with Crippen LogP contribution in [0.1, 0.15) is 36.9 Å². The highest BCUT2D eigenvalue weighted by Gasteiger charge is 2.19. The average molecular weight is 241 g/mol. The molecule has 0 aliphatic heterocycles. The van der Waals surface area contributed by atoms with Gasteiger partial charge in [-0.2, -0.15) is 5.10 Å². The van der Waals surface area contributed by atoms with Crippen LogP contribution in [0.3, 0.4) is 0 Å². The zero-order chi connectivity index (χ0) is 12.4. The SMILES string of the molecule is CCn1cc(NC2CCCc3ccccc32)cn1. The molecule has 1 unspecified atom stereocenters. The maximum atomic E-state index is 4.31. The van der Waals surface area contributed by atoms with Crippen LogP contribution < -0.4 is 5.32 Å². The molecule has 1 heterocycles. The van der Waals surface area contributed by atoms with Crippen molar-refractivity contribution >= 4 is 5.69 Å². The van der Waals surface area contributed by atoms with E-state index in [1.165, 1.54) is 30.4 Å². The van der Waals surface area contributed by atoms with Crippen LogP contribution in [0.4, 0.5) is 5.69 Å². The molecule has 0 bridgehead atoms. The molecule has 0 spiro atoms. The summed E-state index contributed by atoms with van der Waals surface area (Å²) in [6.45, 7) is 3.02. The van der Waals surface area contributed by atoms with Gasteiger partial charge in [-0.15, -0.1) is 0 Å². The number of aromatic nitrogens is 2. The Morgan fingerprint density at radius 2 is 2.28 bits per heavy atom. The molecule has 1 aliphatic carbocycles. The number of benzene rings is 1. The summed E-state index contributed by atoms with van der Waals surface area (Å²) in [7, 11) is 0. The lowest BCUT2D eigenvalue weighted by molar-refractivity contribution is 0.600. The molecule has 1 aromatic carbocycles. The highest BCUT2D eigenvalue weighted by Crippen LogP contribution is 2.32. The zero-order valence-corrected chi connectivity index (χ0v) is 10.8. The number of hydrogen-bond acceptors (Lipinski definition) is 2. The molecule has 1 N–H and O–H groups in total. The van der Waals surface area contributed by atoms with E-state index in [9.17, 15) is 0 Å². The van der Waals surface area contributed by atoms with Gasteiger partial charge in [-0.25, -0.2) is 0 Å². The lowest BCUT2D eigenvalue weighted by atomic mass is 9.88. The number of nitrogens with one attached hydrogen (secondary N) is 1. The van der Waals surface area contributed by atoms with Crippen LogP contribution in [-0.4, -0.2) is 9.78 Å². The second-order valence-corrected chi connectivity index (χ2v) is 4.87. The third-order valence-corrected chi connectivity index (χ3v) is 3.67. The molecule has 2 aromatic rings. The van der Waals surface area contributed by atoms with E-state index in [4.69, 9.17) is 0 Å². The minimum Gasteiger partial charge on any atom is -0.376 e. The minimum atomic E-state index is 0.435. The Labute approximate surface area is 108 Å². The van der Waals surface area contributed by atoms with Crippen molar-refractivity contribution in [2.24, 2.45) is 0 Å². The summed E-state index contributed by atoms with van der Waals surface area (Å²) in [5.41, 5.74) is 4.07. The van der Waals surface area contributed by atoms with E-state index in [1.54, 1.807) is 0 Å². The van der Waals surface area contributed by atoms with Gasteiger partial charge in [-0.3, -0.25) is 4.68 Å². The van der Waals surface area contributed by atoms with Gasteiger partial charge in [0.15, 0.2) is 0 Å². The van der Waals surface area contributed by atoms with E-state index in [2.05, 4.69) is 47.8 Å². The van der Waals surface area contributed by atoms with Gasteiger partial charge in [0.05, 0.1) is 17.9 Å². The average Bonchev–Trinajstić information content (AvgIpc) is 2.87. The standard InChI is InChI=1S/C15H19N3/c1-2-18-11-13(10-16-18)17-15-9-5-7-12-6-3-4-8-14(12)15/h3-4,6,8,10-11,15,17H,2,5,7,9H2,1H3. The topological polar surface area (TPSA) is 29.9 Å². The number of anilines is 1. The molecule has 18 heavy (non-hydrogen) atoms. The van der Waals surface area contributed by atoms with Crippen LogP contribution >= 0.6 is 0 Å². The second-order valence-electron chi connectivity index (χ2n) is 4.87. The monoisotopic (exact) mass is 241 g/mol. The summed E-state index contributed by atoms with van der Waals surface area (Å²) in [6, 6.07) is 9.20. The van der Waals surface area contributed by atoms with E-state index in [0.717, 1.165) is 12.2 Å². The fourth-order valence-electron chi connectivity index (χ4n) is 2.72. The van der Waals surface area contributed by atoms with E-state index >= 15 is 0 Å². The first-order valence-electron chi connectivity index (χ1n) is 6.73. The highest BCUT2D eigenvalue weighted by atomic mass is 15.3. The van der Waals surface area contributed by atoms with Crippen LogP contribution in [0.25, 0.3) is 0 Å². The van der Waals surface area contributed by atoms with Crippen LogP contribution in [0.15, 0.2) is 36.7 Å². The van der Waals surface area contributed by atoms with Crippen LogP contribution in [-0.2, 0) is 13.0 Å². The van der Waals surface area contributed by atoms with Gasteiger partial charge < -0.3 is 5.32 Å². The highest BCUT2D eigenvalue weighted by molar-refractivity contribution is 5.44. The quantitative estimate of drug-likeness (QED) is 0.892. The maximum absolute atomic E-state index is 4.31. The number of hydrogen-bond donors (Lipinski definition) is 1. The summed E-state index contributed by atoms with van der Waals surface area (Å²) in [6.07, 6.45) is 7.67. The predicted molar refractivity (Wildman–Crippen MR) is 73.6 cm³/mol. The molecule has 1 aliphatic rings. The summed E-state index contributed by atoms with van der Waals surface area (Å²) >= 11 is 0. The molecule has 3 heteroatoms. The molecule has 0 amide bonds. The number of nitrogens with zero attached hydrogens (tertiary/aromatic N) is 2. The van der Waals surface area contributed by atoms with Crippen LogP contribution in [0, 0.1) is 0 Å². The molecule has 3 nitrogen and oxygen atoms in total. The number of rotatable bonds is 3. The van der Waals surface area contributed by atoms with E-state index in [0.29, 0.717) is 6.04 Å². The van der Waals surface area contributed by atoms with Crippen molar-refractivity contribution in [1.82, 2.24) is 9.78 Å². The third kappa shape index (κ3) is 2.13. The van der Waals surface area contributed by atoms with Crippen molar-refractivity contribution in [2.45, 2.75) is 38.8 Å². The van der Waals surface area contributed by atoms with Crippen molar-refractivity contribution in [3.05, 3.63) is 47.8 Å². The molecular formula is C15H19N3. The molecule has 0 fully saturated rings. The molecule has 0 saturated heterocycles. The van der Waals surface area contributed by atoms with Gasteiger partial charge in [0, 0.05) is 12.7 Å². The van der Waals surface area contributed by atoms with Gasteiger partial charge in [-0.1, -0.05) is 24.3 Å². The fraction of sp³-hybridized carbons (Fsp3) is 0.400. The Balaban J connectivity index is 1.81. The number of aryl methyl sites for hydroxylation is 2. The largest absolute Gasteiger partial charge is 0.376 e. The summed E-state index contributed by atoms with van der Waals surface area (Å²) in [4.78, 5) is 0. The van der Waals surface area contributed by atoms with Crippen LogP contribution in [0.2, 0.25) is 0 Å². The Morgan fingerprint density at radius 3 is 3.11 bits per heavy atom. The van der Waals surface area contributed by atoms with Gasteiger partial charge in [0.25, 0.3) is 0 Å². The number of fused-ring (bicyclic) bond motifs is 1. The predicted octanol–water partition coefficient (Wildman–Crippen LogP) is 3.39. The molecule has 0 radical (unpaired) electrons. The summed E-state index contributed by atoms with van der Waals surface area (Å²) in [5, 5.41) is 7.92. The first kappa shape index (κ1) is 11.3. The Bertz CT molecular complexity index is 530. The van der Waals surface area contributed by atoms with E-state index in [-0.39, 0.29) is 0 Å². The third-order valence-electron chi connectivity index (χ3n) is 3.67. The van der Waals surface area contributed by atoms with Gasteiger partial charge >= 0.3 is 0 Å². The molecule has 3 rings (SSSR count). The lowest BCUT2D eigenvalue weighted by Gasteiger charge is -2.26. The van der Waals surface area contributed by atoms with Crippen molar-refractivity contribution in [2.75, 3.05) is 5.32 Å². The molecule has 0 saturated carbocycles. The minimum absolute atomic E-state index is 0.435.